The molecule has 4 rings (SSSR count). The van der Waals surface area contributed by atoms with Gasteiger partial charge in [-0.05, 0) is 19.9 Å². The fourth-order valence-electron chi connectivity index (χ4n) is 3.56. The van der Waals surface area contributed by atoms with Crippen molar-refractivity contribution in [2.24, 2.45) is 0 Å². The van der Waals surface area contributed by atoms with E-state index in [0.717, 1.165) is 4.52 Å². The Morgan fingerprint density at radius 2 is 1.86 bits per heavy atom. The van der Waals surface area contributed by atoms with Gasteiger partial charge in [0, 0.05) is 18.7 Å². The monoisotopic (exact) mass is 386 g/mol. The van der Waals surface area contributed by atoms with E-state index in [0.29, 0.717) is 24.3 Å². The third-order valence-electron chi connectivity index (χ3n) is 4.73. The van der Waals surface area contributed by atoms with Crippen molar-refractivity contribution < 1.29 is 18.3 Å². The lowest BCUT2D eigenvalue weighted by atomic mass is 10.1. The summed E-state index contributed by atoms with van der Waals surface area (Å²) >= 11 is 0. The number of benzene rings is 1. The first kappa shape index (κ1) is 18.5. The van der Waals surface area contributed by atoms with E-state index < -0.39 is 6.43 Å². The minimum Gasteiger partial charge on any atom is -0.372 e. The molecule has 146 valence electrons. The van der Waals surface area contributed by atoms with Crippen molar-refractivity contribution in [3.8, 4) is 11.3 Å². The summed E-state index contributed by atoms with van der Waals surface area (Å²) < 4.78 is 34.0. The van der Waals surface area contributed by atoms with Crippen LogP contribution in [-0.2, 0) is 4.74 Å². The predicted octanol–water partition coefficient (Wildman–Crippen LogP) is 3.58. The van der Waals surface area contributed by atoms with Crippen molar-refractivity contribution in [3.63, 3.8) is 0 Å². The zero-order valence-corrected chi connectivity index (χ0v) is 15.5. The molecule has 0 aliphatic carbocycles. The van der Waals surface area contributed by atoms with Crippen LogP contribution >= 0.6 is 0 Å². The number of morpholine rings is 1. The standard InChI is InChI=1S/C20H20F2N4O2/c1-12-10-25(11-13(2)28-12)20(27)15-9-23-26-17(18(21)22)8-16(24-19(15)26)14-6-4-3-5-7-14/h3-9,12-13,18H,10-11H2,1-2H3/t12-,13-/m0/s1. The van der Waals surface area contributed by atoms with Gasteiger partial charge in [-0.3, -0.25) is 4.79 Å². The van der Waals surface area contributed by atoms with Gasteiger partial charge in [-0.15, -0.1) is 0 Å². The summed E-state index contributed by atoms with van der Waals surface area (Å²) in [7, 11) is 0. The number of amides is 1. The lowest BCUT2D eigenvalue weighted by Crippen LogP contribution is -2.48. The molecule has 1 amide bonds. The highest BCUT2D eigenvalue weighted by atomic mass is 19.3. The minimum atomic E-state index is -2.75. The number of alkyl halides is 2. The van der Waals surface area contributed by atoms with Gasteiger partial charge in [-0.2, -0.15) is 5.10 Å². The summed E-state index contributed by atoms with van der Waals surface area (Å²) in [5.41, 5.74) is 1.11. The van der Waals surface area contributed by atoms with E-state index in [-0.39, 0.29) is 35.0 Å². The van der Waals surface area contributed by atoms with E-state index in [9.17, 15) is 13.6 Å². The smallest absolute Gasteiger partial charge is 0.280 e. The van der Waals surface area contributed by atoms with Gasteiger partial charge >= 0.3 is 0 Å². The normalized spacial score (nSPS) is 20.1. The maximum Gasteiger partial charge on any atom is 0.280 e. The van der Waals surface area contributed by atoms with Crippen LogP contribution in [0.1, 0.15) is 36.3 Å². The highest BCUT2D eigenvalue weighted by Crippen LogP contribution is 2.27. The van der Waals surface area contributed by atoms with Crippen LogP contribution in [0.25, 0.3) is 16.9 Å². The van der Waals surface area contributed by atoms with Crippen LogP contribution in [0.15, 0.2) is 42.6 Å². The number of fused-ring (bicyclic) bond motifs is 1. The quantitative estimate of drug-likeness (QED) is 0.690. The second kappa shape index (κ2) is 7.27. The summed E-state index contributed by atoms with van der Waals surface area (Å²) in [4.78, 5) is 19.2. The molecule has 0 spiro atoms. The maximum absolute atomic E-state index is 13.7. The van der Waals surface area contributed by atoms with Gasteiger partial charge in [0.2, 0.25) is 0 Å². The Morgan fingerprint density at radius 1 is 1.18 bits per heavy atom. The van der Waals surface area contributed by atoms with Crippen molar-refractivity contribution in [2.75, 3.05) is 13.1 Å². The van der Waals surface area contributed by atoms with E-state index in [1.807, 2.05) is 32.0 Å². The number of ether oxygens (including phenoxy) is 1. The van der Waals surface area contributed by atoms with Crippen LogP contribution in [-0.4, -0.2) is 50.7 Å². The molecule has 0 unspecified atom stereocenters. The number of nitrogens with zero attached hydrogens (tertiary/aromatic N) is 4. The highest BCUT2D eigenvalue weighted by molar-refractivity contribution is 6.00. The Labute approximate surface area is 160 Å². The highest BCUT2D eigenvalue weighted by Gasteiger charge is 2.29. The molecule has 1 aliphatic rings. The Hall–Kier alpha value is -2.87. The molecule has 28 heavy (non-hydrogen) atoms. The average molecular weight is 386 g/mol. The topological polar surface area (TPSA) is 59.7 Å². The molecule has 0 bridgehead atoms. The summed E-state index contributed by atoms with van der Waals surface area (Å²) in [5, 5.41) is 4.02. The third kappa shape index (κ3) is 3.35. The first-order chi connectivity index (χ1) is 13.4. The number of aromatic nitrogens is 3. The third-order valence-corrected chi connectivity index (χ3v) is 4.73. The minimum absolute atomic E-state index is 0.0981. The molecule has 1 aromatic carbocycles. The molecule has 8 heteroatoms. The molecular formula is C20H20F2N4O2. The Morgan fingerprint density at radius 3 is 2.50 bits per heavy atom. The summed E-state index contributed by atoms with van der Waals surface area (Å²) in [6.45, 7) is 4.65. The molecule has 2 aromatic heterocycles. The number of carbonyl (C=O) groups excluding carboxylic acids is 1. The van der Waals surface area contributed by atoms with Gasteiger partial charge in [0.05, 0.1) is 24.1 Å². The molecule has 0 radical (unpaired) electrons. The first-order valence-corrected chi connectivity index (χ1v) is 9.11. The summed E-state index contributed by atoms with van der Waals surface area (Å²) in [5.74, 6) is -0.282. The second-order valence-corrected chi connectivity index (χ2v) is 6.99. The van der Waals surface area contributed by atoms with Crippen LogP contribution < -0.4 is 0 Å². The molecule has 1 fully saturated rings. The first-order valence-electron chi connectivity index (χ1n) is 9.11. The van der Waals surface area contributed by atoms with Crippen molar-refractivity contribution >= 4 is 11.6 Å². The van der Waals surface area contributed by atoms with Crippen molar-refractivity contribution in [2.45, 2.75) is 32.5 Å². The van der Waals surface area contributed by atoms with Gasteiger partial charge in [0.1, 0.15) is 11.3 Å². The number of halogens is 2. The van der Waals surface area contributed by atoms with E-state index >= 15 is 0 Å². The van der Waals surface area contributed by atoms with E-state index in [2.05, 4.69) is 10.1 Å². The molecule has 3 aromatic rings. The Balaban J connectivity index is 1.81. The zero-order valence-electron chi connectivity index (χ0n) is 15.5. The number of hydrogen-bond donors (Lipinski definition) is 0. The fraction of sp³-hybridized carbons (Fsp3) is 0.350. The Bertz CT molecular complexity index is 996. The SMILES string of the molecule is C[C@H]1CN(C(=O)c2cnn3c(C(F)F)cc(-c4ccccc4)nc23)C[C@H](C)O1. The molecular weight excluding hydrogens is 366 g/mol. The summed E-state index contributed by atoms with van der Waals surface area (Å²) in [6, 6.07) is 10.3. The van der Waals surface area contributed by atoms with Crippen molar-refractivity contribution in [1.29, 1.82) is 0 Å². The lowest BCUT2D eigenvalue weighted by Gasteiger charge is -2.35. The molecule has 0 N–H and O–H groups in total. The average Bonchev–Trinajstić information content (AvgIpc) is 3.10. The van der Waals surface area contributed by atoms with Crippen LogP contribution in [0.3, 0.4) is 0 Å². The number of hydrogen-bond acceptors (Lipinski definition) is 4. The van der Waals surface area contributed by atoms with Crippen molar-refractivity contribution in [1.82, 2.24) is 19.5 Å². The van der Waals surface area contributed by atoms with Gasteiger partial charge in [-0.1, -0.05) is 30.3 Å². The molecule has 0 saturated carbocycles. The van der Waals surface area contributed by atoms with E-state index in [1.54, 1.807) is 17.0 Å². The van der Waals surface area contributed by atoms with Crippen LogP contribution in [0.2, 0.25) is 0 Å². The van der Waals surface area contributed by atoms with Gasteiger partial charge in [0.15, 0.2) is 5.65 Å². The van der Waals surface area contributed by atoms with Crippen LogP contribution in [0, 0.1) is 0 Å². The van der Waals surface area contributed by atoms with Gasteiger partial charge < -0.3 is 9.64 Å². The van der Waals surface area contributed by atoms with E-state index in [4.69, 9.17) is 4.74 Å². The maximum atomic E-state index is 13.7. The molecule has 1 aliphatic heterocycles. The van der Waals surface area contributed by atoms with Crippen molar-refractivity contribution in [3.05, 3.63) is 53.9 Å². The Kier molecular flexibility index (Phi) is 4.80. The molecule has 1 saturated heterocycles. The van der Waals surface area contributed by atoms with Crippen LogP contribution in [0.5, 0.6) is 0 Å². The number of carbonyl (C=O) groups is 1. The predicted molar refractivity (Wildman–Crippen MR) is 99.3 cm³/mol. The summed E-state index contributed by atoms with van der Waals surface area (Å²) in [6.07, 6.45) is -1.63. The lowest BCUT2D eigenvalue weighted by molar-refractivity contribution is -0.0585. The number of rotatable bonds is 3. The van der Waals surface area contributed by atoms with Gasteiger partial charge in [0.25, 0.3) is 12.3 Å². The molecule has 2 atom stereocenters. The largest absolute Gasteiger partial charge is 0.372 e. The van der Waals surface area contributed by atoms with Gasteiger partial charge in [-0.25, -0.2) is 18.3 Å². The van der Waals surface area contributed by atoms with Crippen LogP contribution in [0.4, 0.5) is 8.78 Å². The molecule has 6 nitrogen and oxygen atoms in total. The molecule has 3 heterocycles. The fourth-order valence-corrected chi connectivity index (χ4v) is 3.56. The zero-order chi connectivity index (χ0) is 19.8. The second-order valence-electron chi connectivity index (χ2n) is 6.99. The van der Waals surface area contributed by atoms with E-state index in [1.165, 1.54) is 12.3 Å².